The lowest BCUT2D eigenvalue weighted by molar-refractivity contribution is -0.0504. The highest BCUT2D eigenvalue weighted by Gasteiger charge is 2.09. The average molecular weight is 518 g/mol. The molecule has 0 unspecified atom stereocenters. The van der Waals surface area contributed by atoms with Crippen molar-refractivity contribution >= 4 is 29.9 Å². The SMILES string of the molecule is CCNC(=NCc1cccc(CN(C)C)c1)NCc1ccccc1OC(F)F.I. The van der Waals surface area contributed by atoms with E-state index < -0.39 is 6.61 Å². The lowest BCUT2D eigenvalue weighted by Crippen LogP contribution is -2.36. The Morgan fingerprint density at radius 2 is 1.79 bits per heavy atom. The molecule has 8 heteroatoms. The summed E-state index contributed by atoms with van der Waals surface area (Å²) in [7, 11) is 4.07. The Balaban J connectivity index is 0.00000420. The number of benzene rings is 2. The number of para-hydroxylation sites is 1. The Hall–Kier alpha value is -1.94. The first-order valence-electron chi connectivity index (χ1n) is 9.25. The van der Waals surface area contributed by atoms with Gasteiger partial charge in [-0.05, 0) is 38.2 Å². The van der Waals surface area contributed by atoms with Crippen LogP contribution in [0.4, 0.5) is 8.78 Å². The molecule has 0 heterocycles. The summed E-state index contributed by atoms with van der Waals surface area (Å²) in [6.45, 7) is 1.54. The van der Waals surface area contributed by atoms with Gasteiger partial charge in [-0.25, -0.2) is 4.99 Å². The molecule has 0 saturated carbocycles. The van der Waals surface area contributed by atoms with E-state index in [1.165, 1.54) is 11.6 Å². The lowest BCUT2D eigenvalue weighted by Gasteiger charge is -2.14. The zero-order valence-corrected chi connectivity index (χ0v) is 19.3. The maximum absolute atomic E-state index is 12.6. The predicted octanol–water partition coefficient (Wildman–Crippen LogP) is 4.22. The van der Waals surface area contributed by atoms with Gasteiger partial charge >= 0.3 is 6.61 Å². The van der Waals surface area contributed by atoms with Crippen molar-refractivity contribution in [1.29, 1.82) is 0 Å². The van der Waals surface area contributed by atoms with Crippen molar-refractivity contribution in [1.82, 2.24) is 15.5 Å². The summed E-state index contributed by atoms with van der Waals surface area (Å²) in [5, 5.41) is 6.35. The van der Waals surface area contributed by atoms with Crippen LogP contribution < -0.4 is 15.4 Å². The Bertz CT molecular complexity index is 772. The molecule has 0 fully saturated rings. The highest BCUT2D eigenvalue weighted by Crippen LogP contribution is 2.19. The molecule has 0 radical (unpaired) electrons. The number of ether oxygens (including phenoxy) is 1. The number of alkyl halides is 2. The number of hydrogen-bond donors (Lipinski definition) is 2. The second-order valence-corrected chi connectivity index (χ2v) is 6.59. The number of halogens is 3. The summed E-state index contributed by atoms with van der Waals surface area (Å²) >= 11 is 0. The fourth-order valence-electron chi connectivity index (χ4n) is 2.74. The van der Waals surface area contributed by atoms with Crippen molar-refractivity contribution in [3.63, 3.8) is 0 Å². The highest BCUT2D eigenvalue weighted by atomic mass is 127. The van der Waals surface area contributed by atoms with Gasteiger partial charge in [0.2, 0.25) is 0 Å². The van der Waals surface area contributed by atoms with Crippen molar-refractivity contribution in [2.45, 2.75) is 33.2 Å². The van der Waals surface area contributed by atoms with Crippen LogP contribution in [0.1, 0.15) is 23.6 Å². The van der Waals surface area contributed by atoms with E-state index in [-0.39, 0.29) is 29.7 Å². The summed E-state index contributed by atoms with van der Waals surface area (Å²) in [4.78, 5) is 6.72. The monoisotopic (exact) mass is 518 g/mol. The molecule has 0 amide bonds. The zero-order valence-electron chi connectivity index (χ0n) is 17.0. The molecule has 0 atom stereocenters. The van der Waals surface area contributed by atoms with E-state index in [2.05, 4.69) is 37.4 Å². The van der Waals surface area contributed by atoms with E-state index in [1.54, 1.807) is 18.2 Å². The molecule has 2 rings (SSSR count). The Kier molecular flexibility index (Phi) is 11.5. The summed E-state index contributed by atoms with van der Waals surface area (Å²) in [5.74, 6) is 0.782. The molecule has 0 aliphatic rings. The van der Waals surface area contributed by atoms with E-state index in [9.17, 15) is 8.78 Å². The van der Waals surface area contributed by atoms with Crippen LogP contribution in [0.2, 0.25) is 0 Å². The smallest absolute Gasteiger partial charge is 0.387 e. The number of rotatable bonds is 9. The van der Waals surface area contributed by atoms with Crippen LogP contribution in [0.5, 0.6) is 5.75 Å². The van der Waals surface area contributed by atoms with Gasteiger partial charge in [-0.2, -0.15) is 8.78 Å². The van der Waals surface area contributed by atoms with Crippen LogP contribution in [-0.2, 0) is 19.6 Å². The van der Waals surface area contributed by atoms with Gasteiger partial charge in [0, 0.05) is 25.2 Å². The molecule has 0 aromatic heterocycles. The quantitative estimate of drug-likeness (QED) is 0.297. The molecule has 0 bridgehead atoms. The average Bonchev–Trinajstić information content (AvgIpc) is 2.64. The molecule has 2 aromatic carbocycles. The molecule has 0 aliphatic carbocycles. The highest BCUT2D eigenvalue weighted by molar-refractivity contribution is 14.0. The lowest BCUT2D eigenvalue weighted by atomic mass is 10.1. The second kappa shape index (κ2) is 13.3. The van der Waals surface area contributed by atoms with Crippen molar-refractivity contribution < 1.29 is 13.5 Å². The van der Waals surface area contributed by atoms with E-state index >= 15 is 0 Å². The van der Waals surface area contributed by atoms with Crippen molar-refractivity contribution in [3.05, 3.63) is 65.2 Å². The fraction of sp³-hybridized carbons (Fsp3) is 0.381. The van der Waals surface area contributed by atoms with E-state index in [1.807, 2.05) is 33.2 Å². The molecular weight excluding hydrogens is 489 g/mol. The Morgan fingerprint density at radius 3 is 2.48 bits per heavy atom. The van der Waals surface area contributed by atoms with Gasteiger partial charge in [-0.1, -0.05) is 42.5 Å². The number of aliphatic imine (C=N–C) groups is 1. The number of hydrogen-bond acceptors (Lipinski definition) is 3. The first-order valence-corrected chi connectivity index (χ1v) is 9.25. The summed E-state index contributed by atoms with van der Waals surface area (Å²) in [6.07, 6.45) is 0. The summed E-state index contributed by atoms with van der Waals surface area (Å²) < 4.78 is 29.7. The van der Waals surface area contributed by atoms with Crippen LogP contribution in [0.25, 0.3) is 0 Å². The van der Waals surface area contributed by atoms with Crippen LogP contribution in [0, 0.1) is 0 Å². The largest absolute Gasteiger partial charge is 0.434 e. The second-order valence-electron chi connectivity index (χ2n) is 6.59. The first-order chi connectivity index (χ1) is 13.5. The molecule has 0 spiro atoms. The van der Waals surface area contributed by atoms with Gasteiger partial charge in [-0.3, -0.25) is 0 Å². The molecule has 0 saturated heterocycles. The molecule has 160 valence electrons. The van der Waals surface area contributed by atoms with Gasteiger partial charge in [0.25, 0.3) is 0 Å². The van der Waals surface area contributed by atoms with Crippen LogP contribution in [0.3, 0.4) is 0 Å². The predicted molar refractivity (Wildman–Crippen MR) is 124 cm³/mol. The van der Waals surface area contributed by atoms with Crippen molar-refractivity contribution in [2.75, 3.05) is 20.6 Å². The fourth-order valence-corrected chi connectivity index (χ4v) is 2.74. The molecule has 0 aliphatic heterocycles. The zero-order chi connectivity index (χ0) is 20.4. The van der Waals surface area contributed by atoms with Gasteiger partial charge in [0.1, 0.15) is 5.75 Å². The third-order valence-corrected chi connectivity index (χ3v) is 3.89. The van der Waals surface area contributed by atoms with Crippen molar-refractivity contribution in [3.8, 4) is 5.75 Å². The minimum Gasteiger partial charge on any atom is -0.434 e. The minimum absolute atomic E-state index is 0. The minimum atomic E-state index is -2.85. The normalized spacial score (nSPS) is 11.3. The van der Waals surface area contributed by atoms with Crippen LogP contribution in [0.15, 0.2) is 53.5 Å². The van der Waals surface area contributed by atoms with Crippen molar-refractivity contribution in [2.24, 2.45) is 4.99 Å². The maximum atomic E-state index is 12.6. The molecular formula is C21H29F2IN4O. The number of nitrogens with zero attached hydrogens (tertiary/aromatic N) is 2. The summed E-state index contributed by atoms with van der Waals surface area (Å²) in [5.41, 5.74) is 2.98. The van der Waals surface area contributed by atoms with Crippen LogP contribution in [-0.4, -0.2) is 38.1 Å². The Morgan fingerprint density at radius 1 is 1.07 bits per heavy atom. The van der Waals surface area contributed by atoms with Crippen LogP contribution >= 0.6 is 24.0 Å². The van der Waals surface area contributed by atoms with E-state index in [0.29, 0.717) is 31.2 Å². The summed E-state index contributed by atoms with van der Waals surface area (Å²) in [6, 6.07) is 15.0. The maximum Gasteiger partial charge on any atom is 0.387 e. The molecule has 5 nitrogen and oxygen atoms in total. The third kappa shape index (κ3) is 9.40. The molecule has 29 heavy (non-hydrogen) atoms. The van der Waals surface area contributed by atoms with Gasteiger partial charge < -0.3 is 20.3 Å². The standard InChI is InChI=1S/C21H28F2N4O.HI/c1-4-24-21(25-13-16-8-7-9-17(12-16)15-27(2)3)26-14-18-10-5-6-11-19(18)28-20(22)23;/h5-12,20H,4,13-15H2,1-3H3,(H2,24,25,26);1H. The number of nitrogens with one attached hydrogen (secondary N) is 2. The molecule has 2 N–H and O–H groups in total. The first kappa shape index (κ1) is 25.1. The van der Waals surface area contributed by atoms with E-state index in [0.717, 1.165) is 12.1 Å². The van der Waals surface area contributed by atoms with E-state index in [4.69, 9.17) is 0 Å². The van der Waals surface area contributed by atoms with Gasteiger partial charge in [0.15, 0.2) is 5.96 Å². The molecule has 2 aromatic rings. The topological polar surface area (TPSA) is 48.9 Å². The Labute approximate surface area is 188 Å². The third-order valence-electron chi connectivity index (χ3n) is 3.89. The van der Waals surface area contributed by atoms with Gasteiger partial charge in [0.05, 0.1) is 6.54 Å². The van der Waals surface area contributed by atoms with Gasteiger partial charge in [-0.15, -0.1) is 24.0 Å². The number of guanidine groups is 1.